The topological polar surface area (TPSA) is 22.4 Å². The van der Waals surface area contributed by atoms with Gasteiger partial charge in [0.25, 0.3) is 0 Å². The summed E-state index contributed by atoms with van der Waals surface area (Å²) in [7, 11) is 1.57. The van der Waals surface area contributed by atoms with Crippen LogP contribution in [0, 0.1) is 23.7 Å². The number of rotatable bonds is 2. The molecule has 0 fully saturated rings. The van der Waals surface area contributed by atoms with Gasteiger partial charge in [0.1, 0.15) is 5.76 Å². The van der Waals surface area contributed by atoms with E-state index in [1.54, 1.807) is 31.6 Å². The van der Waals surface area contributed by atoms with Crippen molar-refractivity contribution in [3.63, 3.8) is 0 Å². The van der Waals surface area contributed by atoms with Gasteiger partial charge >= 0.3 is 0 Å². The molecule has 1 heterocycles. The van der Waals surface area contributed by atoms with Gasteiger partial charge in [0.05, 0.1) is 19.6 Å². The van der Waals surface area contributed by atoms with Gasteiger partial charge in [-0.3, -0.25) is 0 Å². The van der Waals surface area contributed by atoms with Crippen LogP contribution in [0.15, 0.2) is 41.2 Å². The Morgan fingerprint density at radius 3 is 2.73 bits per heavy atom. The molecule has 0 aromatic carbocycles. The van der Waals surface area contributed by atoms with E-state index in [-0.39, 0.29) is 0 Å². The molecule has 0 unspecified atom stereocenters. The maximum absolute atomic E-state index is 5.07. The van der Waals surface area contributed by atoms with Gasteiger partial charge in [-0.15, -0.1) is 0 Å². The van der Waals surface area contributed by atoms with Crippen LogP contribution in [-0.4, -0.2) is 7.11 Å². The number of hydrogen-bond donors (Lipinski definition) is 0. The molecule has 0 aliphatic carbocycles. The van der Waals surface area contributed by atoms with Crippen molar-refractivity contribution in [2.75, 3.05) is 7.11 Å². The van der Waals surface area contributed by atoms with Crippen LogP contribution in [-0.2, 0) is 4.74 Å². The Kier molecular flexibility index (Phi) is 5.11. The Hall–Kier alpha value is -2.32. The maximum Gasteiger partial charge on any atom is 0.127 e. The van der Waals surface area contributed by atoms with Gasteiger partial charge in [0.2, 0.25) is 0 Å². The van der Waals surface area contributed by atoms with E-state index in [4.69, 9.17) is 4.42 Å². The number of allylic oxidation sites excluding steroid dienone is 2. The molecule has 2 nitrogen and oxygen atoms in total. The van der Waals surface area contributed by atoms with Crippen LogP contribution in [0.4, 0.5) is 0 Å². The molecule has 0 spiro atoms. The maximum atomic E-state index is 5.07. The summed E-state index contributed by atoms with van der Waals surface area (Å²) in [6.07, 6.45) is 8.16. The van der Waals surface area contributed by atoms with Crippen LogP contribution < -0.4 is 0 Å². The standard InChI is InChI=1S/C13H10O2/c1-14-11-7-5-3-2-4-6-9-13-10-8-12-15-13/h6-12H,1H3/b9-6+,11-7+. The van der Waals surface area contributed by atoms with E-state index in [9.17, 15) is 0 Å². The molecule has 0 bridgehead atoms. The third-order valence-corrected chi connectivity index (χ3v) is 1.37. The van der Waals surface area contributed by atoms with E-state index in [1.807, 2.05) is 12.1 Å². The van der Waals surface area contributed by atoms with Crippen LogP contribution in [0.25, 0.3) is 6.08 Å². The molecule has 0 aliphatic heterocycles. The summed E-state index contributed by atoms with van der Waals surface area (Å²) >= 11 is 0. The average molecular weight is 198 g/mol. The minimum absolute atomic E-state index is 0.775. The molecule has 0 saturated heterocycles. The molecule has 74 valence electrons. The average Bonchev–Trinajstić information content (AvgIpc) is 2.75. The van der Waals surface area contributed by atoms with Gasteiger partial charge in [-0.1, -0.05) is 11.8 Å². The van der Waals surface area contributed by atoms with Crippen LogP contribution in [0.3, 0.4) is 0 Å². The quantitative estimate of drug-likeness (QED) is 0.538. The molecule has 1 aromatic rings. The van der Waals surface area contributed by atoms with E-state index in [2.05, 4.69) is 28.4 Å². The summed E-state index contributed by atoms with van der Waals surface area (Å²) in [6.45, 7) is 0. The van der Waals surface area contributed by atoms with Gasteiger partial charge in [0, 0.05) is 6.08 Å². The number of furan rings is 1. The van der Waals surface area contributed by atoms with Gasteiger partial charge in [-0.05, 0) is 36.1 Å². The molecule has 2 heteroatoms. The summed E-state index contributed by atoms with van der Waals surface area (Å²) in [5, 5.41) is 0. The lowest BCUT2D eigenvalue weighted by Crippen LogP contribution is -1.61. The highest BCUT2D eigenvalue weighted by Gasteiger charge is 1.83. The van der Waals surface area contributed by atoms with Gasteiger partial charge in [0.15, 0.2) is 0 Å². The molecule has 0 N–H and O–H groups in total. The van der Waals surface area contributed by atoms with E-state index in [0.717, 1.165) is 5.76 Å². The number of hydrogen-bond acceptors (Lipinski definition) is 2. The Balaban J connectivity index is 2.39. The van der Waals surface area contributed by atoms with Crippen LogP contribution in [0.5, 0.6) is 0 Å². The lowest BCUT2D eigenvalue weighted by Gasteiger charge is -1.77. The Labute approximate surface area is 89.2 Å². The highest BCUT2D eigenvalue weighted by Crippen LogP contribution is 2.00. The molecule has 1 aromatic heterocycles. The van der Waals surface area contributed by atoms with Crippen molar-refractivity contribution in [1.29, 1.82) is 0 Å². The van der Waals surface area contributed by atoms with Crippen molar-refractivity contribution >= 4 is 6.08 Å². The summed E-state index contributed by atoms with van der Waals surface area (Å²) in [5.41, 5.74) is 0. The molecule has 0 atom stereocenters. The van der Waals surface area contributed by atoms with E-state index < -0.39 is 0 Å². The number of ether oxygens (including phenoxy) is 1. The summed E-state index contributed by atoms with van der Waals surface area (Å²) in [6, 6.07) is 3.67. The predicted molar refractivity (Wildman–Crippen MR) is 59.4 cm³/mol. The third kappa shape index (κ3) is 5.08. The van der Waals surface area contributed by atoms with Crippen molar-refractivity contribution in [1.82, 2.24) is 0 Å². The molecular weight excluding hydrogens is 188 g/mol. The monoisotopic (exact) mass is 198 g/mol. The second kappa shape index (κ2) is 7.12. The molecule has 1 rings (SSSR count). The first-order valence-electron chi connectivity index (χ1n) is 4.32. The van der Waals surface area contributed by atoms with Crippen LogP contribution in [0.1, 0.15) is 5.76 Å². The van der Waals surface area contributed by atoms with Crippen LogP contribution >= 0.6 is 0 Å². The fourth-order valence-corrected chi connectivity index (χ4v) is 0.767. The van der Waals surface area contributed by atoms with E-state index >= 15 is 0 Å². The number of methoxy groups -OCH3 is 1. The highest BCUT2D eigenvalue weighted by atomic mass is 16.5. The summed E-state index contributed by atoms with van der Waals surface area (Å²) in [5.74, 6) is 11.5. The Bertz CT molecular complexity index is 442. The van der Waals surface area contributed by atoms with Crippen molar-refractivity contribution in [3.05, 3.63) is 42.6 Å². The van der Waals surface area contributed by atoms with Crippen molar-refractivity contribution in [2.24, 2.45) is 0 Å². The molecule has 15 heavy (non-hydrogen) atoms. The predicted octanol–water partition coefficient (Wildman–Crippen LogP) is 2.46. The lowest BCUT2D eigenvalue weighted by molar-refractivity contribution is 0.338. The first-order chi connectivity index (χ1) is 7.43. The molecular formula is C13H10O2. The van der Waals surface area contributed by atoms with Crippen LogP contribution in [0.2, 0.25) is 0 Å². The zero-order valence-electron chi connectivity index (χ0n) is 8.36. The second-order valence-corrected chi connectivity index (χ2v) is 2.43. The Morgan fingerprint density at radius 2 is 2.07 bits per heavy atom. The zero-order chi connectivity index (χ0) is 10.8. The van der Waals surface area contributed by atoms with Gasteiger partial charge in [-0.25, -0.2) is 0 Å². The lowest BCUT2D eigenvalue weighted by atomic mass is 10.4. The fraction of sp³-hybridized carbons (Fsp3) is 0.0769. The highest BCUT2D eigenvalue weighted by molar-refractivity contribution is 5.48. The van der Waals surface area contributed by atoms with Crippen molar-refractivity contribution < 1.29 is 9.15 Å². The van der Waals surface area contributed by atoms with Gasteiger partial charge < -0.3 is 9.15 Å². The summed E-state index contributed by atoms with van der Waals surface area (Å²) in [4.78, 5) is 0. The zero-order valence-corrected chi connectivity index (χ0v) is 8.36. The third-order valence-electron chi connectivity index (χ3n) is 1.37. The first-order valence-corrected chi connectivity index (χ1v) is 4.32. The molecule has 0 saturated carbocycles. The molecule has 0 aliphatic rings. The first kappa shape index (κ1) is 10.8. The van der Waals surface area contributed by atoms with Crippen molar-refractivity contribution in [3.8, 4) is 23.7 Å². The largest absolute Gasteiger partial charge is 0.504 e. The fourth-order valence-electron chi connectivity index (χ4n) is 0.767. The molecule has 0 amide bonds. The Morgan fingerprint density at radius 1 is 1.27 bits per heavy atom. The smallest absolute Gasteiger partial charge is 0.127 e. The van der Waals surface area contributed by atoms with E-state index in [1.165, 1.54) is 6.26 Å². The van der Waals surface area contributed by atoms with Gasteiger partial charge in [-0.2, -0.15) is 0 Å². The summed E-state index contributed by atoms with van der Waals surface area (Å²) < 4.78 is 9.74. The van der Waals surface area contributed by atoms with Crippen molar-refractivity contribution in [2.45, 2.75) is 0 Å². The molecule has 0 radical (unpaired) electrons. The second-order valence-electron chi connectivity index (χ2n) is 2.43. The minimum atomic E-state index is 0.775. The normalized spacial score (nSPS) is 9.40. The SMILES string of the molecule is CO/C=C/C#CC#C/C=C/c1ccco1. The van der Waals surface area contributed by atoms with E-state index in [0.29, 0.717) is 0 Å². The minimum Gasteiger partial charge on any atom is -0.504 e.